The molecule has 1 N–H and O–H groups in total. The molecule has 1 heterocycles. The average molecular weight is 416 g/mol. The third kappa shape index (κ3) is 4.09. The van der Waals surface area contributed by atoms with Gasteiger partial charge in [0, 0.05) is 16.0 Å². The molecule has 0 fully saturated rings. The zero-order valence-corrected chi connectivity index (χ0v) is 15.0. The number of nitrogens with one attached hydrogen (secondary N) is 1. The van der Waals surface area contributed by atoms with Gasteiger partial charge in [-0.3, -0.25) is 20.2 Å². The molecule has 0 spiro atoms. The number of carbonyl (C=O) groups excluding carboxylic acids is 1. The number of alkyl halides is 2. The van der Waals surface area contributed by atoms with Crippen molar-refractivity contribution in [1.82, 2.24) is 4.98 Å². The van der Waals surface area contributed by atoms with Crippen molar-refractivity contribution in [3.8, 4) is 0 Å². The SMILES string of the molecule is O=C(Nc1nc2ccc(SC(F)F)cc2s1)c1cc(Cl)ccc1[N+](=O)[O-]. The molecule has 6 nitrogen and oxygen atoms in total. The van der Waals surface area contributed by atoms with Gasteiger partial charge < -0.3 is 0 Å². The molecule has 1 aromatic heterocycles. The number of rotatable bonds is 5. The molecule has 0 aliphatic rings. The summed E-state index contributed by atoms with van der Waals surface area (Å²) in [5.41, 5.74) is -0.0659. The fraction of sp³-hybridized carbons (Fsp3) is 0.0667. The fourth-order valence-corrected chi connectivity index (χ4v) is 3.83. The number of hydrogen-bond donors (Lipinski definition) is 1. The Morgan fingerprint density at radius 2 is 2.08 bits per heavy atom. The van der Waals surface area contributed by atoms with Gasteiger partial charge in [0.05, 0.1) is 15.1 Å². The predicted octanol–water partition coefficient (Wildman–Crippen LogP) is 5.42. The van der Waals surface area contributed by atoms with E-state index in [4.69, 9.17) is 11.6 Å². The Balaban J connectivity index is 1.88. The molecule has 0 saturated heterocycles. The lowest BCUT2D eigenvalue weighted by molar-refractivity contribution is -0.385. The molecule has 11 heteroatoms. The standard InChI is InChI=1S/C15H8ClF2N3O3S2/c16-7-1-4-11(21(23)24)9(5-7)13(22)20-15-19-10-3-2-8(25-14(17)18)6-12(10)26-15/h1-6,14H,(H,19,20,22). The van der Waals surface area contributed by atoms with Crippen LogP contribution < -0.4 is 5.32 Å². The second kappa shape index (κ2) is 7.52. The highest BCUT2D eigenvalue weighted by atomic mass is 35.5. The second-order valence-corrected chi connectivity index (χ2v) is 7.43. The minimum absolute atomic E-state index is 0.179. The third-order valence-electron chi connectivity index (χ3n) is 3.21. The first-order valence-electron chi connectivity index (χ1n) is 6.94. The van der Waals surface area contributed by atoms with Gasteiger partial charge in [0.1, 0.15) is 5.56 Å². The first kappa shape index (κ1) is 18.5. The van der Waals surface area contributed by atoms with Crippen LogP contribution in [0.25, 0.3) is 10.2 Å². The molecule has 0 radical (unpaired) electrons. The maximum absolute atomic E-state index is 12.4. The molecule has 3 rings (SSSR count). The van der Waals surface area contributed by atoms with Gasteiger partial charge in [-0.15, -0.1) is 0 Å². The first-order chi connectivity index (χ1) is 12.3. The van der Waals surface area contributed by atoms with E-state index in [0.29, 0.717) is 26.9 Å². The number of benzene rings is 2. The van der Waals surface area contributed by atoms with Crippen molar-refractivity contribution < 1.29 is 18.5 Å². The summed E-state index contributed by atoms with van der Waals surface area (Å²) in [4.78, 5) is 27.3. The number of fused-ring (bicyclic) bond motifs is 1. The molecule has 26 heavy (non-hydrogen) atoms. The lowest BCUT2D eigenvalue weighted by atomic mass is 10.1. The van der Waals surface area contributed by atoms with Crippen molar-refractivity contribution in [2.24, 2.45) is 0 Å². The van der Waals surface area contributed by atoms with Crippen LogP contribution in [0, 0.1) is 10.1 Å². The Hall–Kier alpha value is -2.30. The molecule has 1 amide bonds. The number of amides is 1. The number of aromatic nitrogens is 1. The molecule has 0 atom stereocenters. The summed E-state index contributed by atoms with van der Waals surface area (Å²) < 4.78 is 25.5. The smallest absolute Gasteiger partial charge is 0.288 e. The van der Waals surface area contributed by atoms with E-state index < -0.39 is 16.6 Å². The summed E-state index contributed by atoms with van der Waals surface area (Å²) in [6, 6.07) is 8.27. The zero-order chi connectivity index (χ0) is 18.8. The molecular weight excluding hydrogens is 408 g/mol. The zero-order valence-electron chi connectivity index (χ0n) is 12.6. The van der Waals surface area contributed by atoms with Crippen LogP contribution in [0.1, 0.15) is 10.4 Å². The summed E-state index contributed by atoms with van der Waals surface area (Å²) in [6.07, 6.45) is 0. The highest BCUT2D eigenvalue weighted by Crippen LogP contribution is 2.33. The van der Waals surface area contributed by atoms with Crippen LogP contribution in [0.5, 0.6) is 0 Å². The predicted molar refractivity (Wildman–Crippen MR) is 97.5 cm³/mol. The number of nitro groups is 1. The van der Waals surface area contributed by atoms with Crippen LogP contribution in [0.4, 0.5) is 19.6 Å². The first-order valence-corrected chi connectivity index (χ1v) is 9.01. The molecular formula is C15H8ClF2N3O3S2. The molecule has 0 bridgehead atoms. The van der Waals surface area contributed by atoms with Gasteiger partial charge in [-0.2, -0.15) is 8.78 Å². The monoisotopic (exact) mass is 415 g/mol. The quantitative estimate of drug-likeness (QED) is 0.341. The minimum atomic E-state index is -2.54. The van der Waals surface area contributed by atoms with Crippen molar-refractivity contribution in [2.75, 3.05) is 5.32 Å². The molecule has 0 aliphatic heterocycles. The van der Waals surface area contributed by atoms with Gasteiger partial charge in [0.2, 0.25) is 0 Å². The molecule has 0 aliphatic carbocycles. The molecule has 0 unspecified atom stereocenters. The van der Waals surface area contributed by atoms with Gasteiger partial charge in [0.25, 0.3) is 17.4 Å². The summed E-state index contributed by atoms with van der Waals surface area (Å²) in [7, 11) is 0. The van der Waals surface area contributed by atoms with E-state index in [1.165, 1.54) is 18.2 Å². The molecule has 0 saturated carbocycles. The number of anilines is 1. The maximum Gasteiger partial charge on any atom is 0.288 e. The summed E-state index contributed by atoms with van der Waals surface area (Å²) in [5, 5.41) is 13.9. The van der Waals surface area contributed by atoms with E-state index in [2.05, 4.69) is 10.3 Å². The van der Waals surface area contributed by atoms with Gasteiger partial charge >= 0.3 is 0 Å². The van der Waals surface area contributed by atoms with E-state index in [9.17, 15) is 23.7 Å². The Morgan fingerprint density at radius 1 is 1.31 bits per heavy atom. The van der Waals surface area contributed by atoms with Crippen molar-refractivity contribution in [1.29, 1.82) is 0 Å². The lowest BCUT2D eigenvalue weighted by Gasteiger charge is -2.03. The van der Waals surface area contributed by atoms with Crippen LogP contribution in [-0.2, 0) is 0 Å². The Labute approximate surface area is 158 Å². The number of hydrogen-bond acceptors (Lipinski definition) is 6. The number of nitrogens with zero attached hydrogens (tertiary/aromatic N) is 2. The number of halogens is 3. The summed E-state index contributed by atoms with van der Waals surface area (Å²) in [6.45, 7) is 0. The van der Waals surface area contributed by atoms with Gasteiger partial charge in [-0.1, -0.05) is 34.7 Å². The van der Waals surface area contributed by atoms with E-state index in [0.717, 1.165) is 17.4 Å². The number of carbonyl (C=O) groups is 1. The maximum atomic E-state index is 12.4. The number of thioether (sulfide) groups is 1. The van der Waals surface area contributed by atoms with Crippen LogP contribution >= 0.6 is 34.7 Å². The van der Waals surface area contributed by atoms with E-state index in [1.54, 1.807) is 12.1 Å². The van der Waals surface area contributed by atoms with Crippen molar-refractivity contribution in [3.63, 3.8) is 0 Å². The molecule has 2 aromatic carbocycles. The third-order valence-corrected chi connectivity index (χ3v) is 5.08. The van der Waals surface area contributed by atoms with Crippen molar-refractivity contribution in [3.05, 3.63) is 57.1 Å². The van der Waals surface area contributed by atoms with Gasteiger partial charge in [-0.05, 0) is 30.3 Å². The van der Waals surface area contributed by atoms with Crippen LogP contribution in [0.3, 0.4) is 0 Å². The van der Waals surface area contributed by atoms with Crippen LogP contribution in [0.15, 0.2) is 41.3 Å². The number of thiazole rings is 1. The second-order valence-electron chi connectivity index (χ2n) is 4.90. The highest BCUT2D eigenvalue weighted by molar-refractivity contribution is 7.99. The lowest BCUT2D eigenvalue weighted by Crippen LogP contribution is -2.13. The van der Waals surface area contributed by atoms with Gasteiger partial charge in [-0.25, -0.2) is 4.98 Å². The summed E-state index contributed by atoms with van der Waals surface area (Å²) >= 11 is 7.30. The minimum Gasteiger partial charge on any atom is -0.298 e. The number of nitro benzene ring substituents is 1. The Kier molecular flexibility index (Phi) is 5.35. The summed E-state index contributed by atoms with van der Waals surface area (Å²) in [5.74, 6) is -3.27. The van der Waals surface area contributed by atoms with Crippen LogP contribution in [-0.4, -0.2) is 21.6 Å². The largest absolute Gasteiger partial charge is 0.298 e. The van der Waals surface area contributed by atoms with E-state index >= 15 is 0 Å². The fourth-order valence-electron chi connectivity index (χ4n) is 2.15. The molecule has 3 aromatic rings. The Morgan fingerprint density at radius 3 is 2.77 bits per heavy atom. The topological polar surface area (TPSA) is 85.1 Å². The van der Waals surface area contributed by atoms with Gasteiger partial charge in [0.15, 0.2) is 5.13 Å². The molecule has 134 valence electrons. The average Bonchev–Trinajstić information content (AvgIpc) is 2.95. The highest BCUT2D eigenvalue weighted by Gasteiger charge is 2.21. The van der Waals surface area contributed by atoms with E-state index in [-0.39, 0.29) is 21.4 Å². The van der Waals surface area contributed by atoms with Crippen molar-refractivity contribution >= 4 is 61.6 Å². The van der Waals surface area contributed by atoms with Crippen LogP contribution in [0.2, 0.25) is 5.02 Å². The van der Waals surface area contributed by atoms with E-state index in [1.807, 2.05) is 0 Å². The normalized spacial score (nSPS) is 11.1. The Bertz CT molecular complexity index is 1010. The van der Waals surface area contributed by atoms with Crippen molar-refractivity contribution in [2.45, 2.75) is 10.7 Å².